The van der Waals surface area contributed by atoms with Gasteiger partial charge in [0.1, 0.15) is 6.10 Å². The van der Waals surface area contributed by atoms with E-state index in [1.54, 1.807) is 0 Å². The van der Waals surface area contributed by atoms with E-state index in [1.165, 1.54) is 64.2 Å². The Balaban J connectivity index is 3.66. The number of ether oxygens (including phenoxy) is 1. The maximum atomic E-state index is 9.86. The van der Waals surface area contributed by atoms with Gasteiger partial charge in [0.05, 0.1) is 12.7 Å². The first-order chi connectivity index (χ1) is 10.8. The Hall–Kier alpha value is -0.120. The molecule has 134 valence electrons. The quantitative estimate of drug-likeness (QED) is 0.378. The standard InChI is InChI=1S/C19H40O3/c1-3-5-7-9-11-13-15-19(18(21)17-20)22-16-14-12-10-8-6-4-2/h18-21H,3-17H2,1-2H3. The minimum absolute atomic E-state index is 0.188. The van der Waals surface area contributed by atoms with Crippen LogP contribution in [0.25, 0.3) is 0 Å². The van der Waals surface area contributed by atoms with E-state index in [0.29, 0.717) is 6.61 Å². The third-order valence-electron chi connectivity index (χ3n) is 4.29. The van der Waals surface area contributed by atoms with E-state index in [9.17, 15) is 5.11 Å². The molecule has 0 aliphatic heterocycles. The van der Waals surface area contributed by atoms with Crippen LogP contribution in [0.2, 0.25) is 0 Å². The van der Waals surface area contributed by atoms with Crippen molar-refractivity contribution in [3.05, 3.63) is 0 Å². The SMILES string of the molecule is CCCCCCCCOC(CCCCCCCC)C(O)CO. The summed E-state index contributed by atoms with van der Waals surface area (Å²) in [6.07, 6.45) is 14.9. The van der Waals surface area contributed by atoms with Gasteiger partial charge in [0.2, 0.25) is 0 Å². The monoisotopic (exact) mass is 316 g/mol. The maximum Gasteiger partial charge on any atom is 0.103 e. The Labute approximate surface area is 138 Å². The lowest BCUT2D eigenvalue weighted by Gasteiger charge is -2.22. The summed E-state index contributed by atoms with van der Waals surface area (Å²) in [5.74, 6) is 0. The first kappa shape index (κ1) is 21.9. The topological polar surface area (TPSA) is 49.7 Å². The summed E-state index contributed by atoms with van der Waals surface area (Å²) in [5, 5.41) is 19.0. The van der Waals surface area contributed by atoms with Crippen molar-refractivity contribution in [1.29, 1.82) is 0 Å². The van der Waals surface area contributed by atoms with Gasteiger partial charge in [-0.1, -0.05) is 84.5 Å². The van der Waals surface area contributed by atoms with Gasteiger partial charge in [-0.3, -0.25) is 0 Å². The van der Waals surface area contributed by atoms with Gasteiger partial charge in [-0.05, 0) is 12.8 Å². The van der Waals surface area contributed by atoms with E-state index in [2.05, 4.69) is 13.8 Å². The zero-order chi connectivity index (χ0) is 16.5. The largest absolute Gasteiger partial charge is 0.394 e. The highest BCUT2D eigenvalue weighted by Crippen LogP contribution is 2.14. The Kier molecular flexibility index (Phi) is 17.1. The Morgan fingerprint density at radius 2 is 1.23 bits per heavy atom. The minimum Gasteiger partial charge on any atom is -0.394 e. The van der Waals surface area contributed by atoms with Crippen LogP contribution in [0.5, 0.6) is 0 Å². The molecular weight excluding hydrogens is 276 g/mol. The van der Waals surface area contributed by atoms with Gasteiger partial charge in [0, 0.05) is 6.61 Å². The van der Waals surface area contributed by atoms with Crippen LogP contribution in [0.1, 0.15) is 97.3 Å². The second-order valence-electron chi connectivity index (χ2n) is 6.48. The molecule has 0 aromatic carbocycles. The van der Waals surface area contributed by atoms with Crippen molar-refractivity contribution in [3.63, 3.8) is 0 Å². The third kappa shape index (κ3) is 13.5. The van der Waals surface area contributed by atoms with Crippen LogP contribution in [-0.2, 0) is 4.74 Å². The molecule has 0 radical (unpaired) electrons. The smallest absolute Gasteiger partial charge is 0.103 e. The highest BCUT2D eigenvalue weighted by molar-refractivity contribution is 4.68. The third-order valence-corrected chi connectivity index (χ3v) is 4.29. The number of hydrogen-bond acceptors (Lipinski definition) is 3. The number of aliphatic hydroxyl groups excluding tert-OH is 2. The summed E-state index contributed by atoms with van der Waals surface area (Å²) in [7, 11) is 0. The van der Waals surface area contributed by atoms with Gasteiger partial charge in [0.15, 0.2) is 0 Å². The first-order valence-electron chi connectivity index (χ1n) is 9.66. The summed E-state index contributed by atoms with van der Waals surface area (Å²) < 4.78 is 5.82. The van der Waals surface area contributed by atoms with Gasteiger partial charge in [-0.2, -0.15) is 0 Å². The fraction of sp³-hybridized carbons (Fsp3) is 1.00. The lowest BCUT2D eigenvalue weighted by molar-refractivity contribution is -0.0629. The molecule has 0 saturated heterocycles. The fourth-order valence-corrected chi connectivity index (χ4v) is 2.75. The molecule has 3 nitrogen and oxygen atoms in total. The van der Waals surface area contributed by atoms with Gasteiger partial charge in [-0.25, -0.2) is 0 Å². The zero-order valence-electron chi connectivity index (χ0n) is 15.1. The maximum absolute atomic E-state index is 9.86. The highest BCUT2D eigenvalue weighted by Gasteiger charge is 2.18. The number of aliphatic hydroxyl groups is 2. The molecule has 2 unspecified atom stereocenters. The number of hydrogen-bond donors (Lipinski definition) is 2. The zero-order valence-corrected chi connectivity index (χ0v) is 15.1. The summed E-state index contributed by atoms with van der Waals surface area (Å²) in [5.41, 5.74) is 0. The predicted molar refractivity (Wildman–Crippen MR) is 94.2 cm³/mol. The van der Waals surface area contributed by atoms with Crippen LogP contribution in [-0.4, -0.2) is 35.6 Å². The Morgan fingerprint density at radius 3 is 1.77 bits per heavy atom. The van der Waals surface area contributed by atoms with Gasteiger partial charge in [-0.15, -0.1) is 0 Å². The molecule has 0 spiro atoms. The highest BCUT2D eigenvalue weighted by atomic mass is 16.5. The van der Waals surface area contributed by atoms with E-state index in [1.807, 2.05) is 0 Å². The van der Waals surface area contributed by atoms with Crippen molar-refractivity contribution in [2.45, 2.75) is 110 Å². The van der Waals surface area contributed by atoms with Crippen molar-refractivity contribution in [2.24, 2.45) is 0 Å². The molecule has 0 rings (SSSR count). The fourth-order valence-electron chi connectivity index (χ4n) is 2.75. The van der Waals surface area contributed by atoms with Crippen LogP contribution < -0.4 is 0 Å². The van der Waals surface area contributed by atoms with Crippen LogP contribution in [0.4, 0.5) is 0 Å². The van der Waals surface area contributed by atoms with Crippen LogP contribution in [0.3, 0.4) is 0 Å². The molecule has 0 aliphatic rings. The summed E-state index contributed by atoms with van der Waals surface area (Å²) in [6, 6.07) is 0. The second kappa shape index (κ2) is 17.2. The molecule has 2 atom stereocenters. The van der Waals surface area contributed by atoms with E-state index in [4.69, 9.17) is 9.84 Å². The summed E-state index contributed by atoms with van der Waals surface area (Å²) in [6.45, 7) is 4.97. The second-order valence-corrected chi connectivity index (χ2v) is 6.48. The average Bonchev–Trinajstić information content (AvgIpc) is 2.54. The van der Waals surface area contributed by atoms with Crippen LogP contribution in [0.15, 0.2) is 0 Å². The molecule has 0 aromatic heterocycles. The van der Waals surface area contributed by atoms with Crippen molar-refractivity contribution in [3.8, 4) is 0 Å². The molecule has 0 saturated carbocycles. The average molecular weight is 317 g/mol. The van der Waals surface area contributed by atoms with Crippen LogP contribution in [0, 0.1) is 0 Å². The van der Waals surface area contributed by atoms with Crippen molar-refractivity contribution < 1.29 is 14.9 Å². The molecular formula is C19H40O3. The molecule has 0 aromatic rings. The molecule has 22 heavy (non-hydrogen) atoms. The summed E-state index contributed by atoms with van der Waals surface area (Å²) >= 11 is 0. The molecule has 0 bridgehead atoms. The van der Waals surface area contributed by atoms with Crippen molar-refractivity contribution in [1.82, 2.24) is 0 Å². The van der Waals surface area contributed by atoms with Crippen molar-refractivity contribution >= 4 is 0 Å². The van der Waals surface area contributed by atoms with Crippen molar-refractivity contribution in [2.75, 3.05) is 13.2 Å². The van der Waals surface area contributed by atoms with E-state index < -0.39 is 6.10 Å². The molecule has 0 heterocycles. The van der Waals surface area contributed by atoms with E-state index in [0.717, 1.165) is 19.3 Å². The van der Waals surface area contributed by atoms with Gasteiger partial charge < -0.3 is 14.9 Å². The molecule has 3 heteroatoms. The van der Waals surface area contributed by atoms with Gasteiger partial charge >= 0.3 is 0 Å². The number of rotatable bonds is 17. The van der Waals surface area contributed by atoms with Crippen LogP contribution >= 0.6 is 0 Å². The molecule has 0 amide bonds. The lowest BCUT2D eigenvalue weighted by atomic mass is 10.0. The lowest BCUT2D eigenvalue weighted by Crippen LogP contribution is -2.32. The molecule has 0 aliphatic carbocycles. The van der Waals surface area contributed by atoms with E-state index in [-0.39, 0.29) is 12.7 Å². The number of unbranched alkanes of at least 4 members (excludes halogenated alkanes) is 10. The molecule has 2 N–H and O–H groups in total. The first-order valence-corrected chi connectivity index (χ1v) is 9.66. The minimum atomic E-state index is -0.726. The Bertz CT molecular complexity index is 209. The molecule has 0 fully saturated rings. The van der Waals surface area contributed by atoms with Gasteiger partial charge in [0.25, 0.3) is 0 Å². The summed E-state index contributed by atoms with van der Waals surface area (Å²) in [4.78, 5) is 0. The van der Waals surface area contributed by atoms with E-state index >= 15 is 0 Å². The predicted octanol–water partition coefficient (Wildman–Crippen LogP) is 4.84. The normalized spacial score (nSPS) is 14.2. The Morgan fingerprint density at radius 1 is 0.727 bits per heavy atom.